The second-order valence-electron chi connectivity index (χ2n) is 7.36. The highest BCUT2D eigenvalue weighted by Gasteiger charge is 2.36. The molecular weight excluding hydrogens is 414 g/mol. The Balaban J connectivity index is 1.44. The van der Waals surface area contributed by atoms with E-state index in [4.69, 9.17) is 16.3 Å². The van der Waals surface area contributed by atoms with E-state index in [-0.39, 0.29) is 18.2 Å². The molecule has 1 aliphatic rings. The van der Waals surface area contributed by atoms with Crippen LogP contribution in [0.15, 0.2) is 66.9 Å². The highest BCUT2D eigenvalue weighted by atomic mass is 35.5. The summed E-state index contributed by atoms with van der Waals surface area (Å²) in [5, 5.41) is 3.33. The van der Waals surface area contributed by atoms with Crippen LogP contribution in [0.1, 0.15) is 30.1 Å². The number of rotatable bonds is 6. The largest absolute Gasteiger partial charge is 0.472 e. The van der Waals surface area contributed by atoms with Crippen LogP contribution in [-0.2, 0) is 9.59 Å². The van der Waals surface area contributed by atoms with E-state index >= 15 is 0 Å². The summed E-state index contributed by atoms with van der Waals surface area (Å²) in [5.41, 5.74) is 2.38. The zero-order valence-electron chi connectivity index (χ0n) is 17.0. The molecule has 158 valence electrons. The third kappa shape index (κ3) is 4.70. The second kappa shape index (κ2) is 9.18. The molecule has 3 aromatic rings. The first kappa shape index (κ1) is 20.9. The Hall–Kier alpha value is -3.38. The maximum Gasteiger partial charge on any atom is 0.274 e. The molecule has 0 unspecified atom stereocenters. The van der Waals surface area contributed by atoms with Gasteiger partial charge in [0, 0.05) is 24.7 Å². The predicted octanol–water partition coefficient (Wildman–Crippen LogP) is 4.93. The van der Waals surface area contributed by atoms with E-state index in [9.17, 15) is 9.59 Å². The molecule has 0 saturated heterocycles. The third-order valence-electron chi connectivity index (χ3n) is 5.03. The molecular formula is C24H22ClN3O3. The minimum atomic E-state index is -0.738. The first-order valence-corrected chi connectivity index (χ1v) is 10.4. The van der Waals surface area contributed by atoms with Crippen molar-refractivity contribution in [2.45, 2.75) is 25.9 Å². The van der Waals surface area contributed by atoms with Crippen molar-refractivity contribution in [1.82, 2.24) is 4.98 Å². The minimum absolute atomic E-state index is 0.160. The summed E-state index contributed by atoms with van der Waals surface area (Å²) in [7, 11) is 0. The molecule has 2 amide bonds. The number of hydrogen-bond acceptors (Lipinski definition) is 4. The van der Waals surface area contributed by atoms with Crippen LogP contribution in [0.2, 0.25) is 5.02 Å². The molecule has 0 bridgehead atoms. The fourth-order valence-corrected chi connectivity index (χ4v) is 3.77. The van der Waals surface area contributed by atoms with Gasteiger partial charge in [0.15, 0.2) is 11.6 Å². The predicted molar refractivity (Wildman–Crippen MR) is 120 cm³/mol. The van der Waals surface area contributed by atoms with Gasteiger partial charge >= 0.3 is 0 Å². The maximum atomic E-state index is 13.2. The molecule has 0 spiro atoms. The van der Waals surface area contributed by atoms with Gasteiger partial charge in [0.1, 0.15) is 0 Å². The summed E-state index contributed by atoms with van der Waals surface area (Å²) >= 11 is 6.19. The van der Waals surface area contributed by atoms with Gasteiger partial charge in [-0.3, -0.25) is 14.5 Å². The van der Waals surface area contributed by atoms with Crippen LogP contribution < -0.4 is 15.0 Å². The number of benzene rings is 2. The van der Waals surface area contributed by atoms with Crippen molar-refractivity contribution in [2.75, 3.05) is 16.8 Å². The van der Waals surface area contributed by atoms with E-state index in [2.05, 4.69) is 10.3 Å². The first-order chi connectivity index (χ1) is 15.0. The van der Waals surface area contributed by atoms with Crippen LogP contribution in [0.25, 0.3) is 0 Å². The molecule has 0 saturated carbocycles. The Kier molecular flexibility index (Phi) is 6.18. The number of pyridine rings is 1. The molecule has 7 heteroatoms. The molecule has 1 aliphatic heterocycles. The maximum absolute atomic E-state index is 13.2. The number of halogens is 1. The summed E-state index contributed by atoms with van der Waals surface area (Å²) in [6.07, 6.45) is 1.60. The molecule has 0 aliphatic carbocycles. The summed E-state index contributed by atoms with van der Waals surface area (Å²) in [6, 6.07) is 18.4. The zero-order valence-corrected chi connectivity index (χ0v) is 17.8. The van der Waals surface area contributed by atoms with Crippen molar-refractivity contribution >= 4 is 34.9 Å². The summed E-state index contributed by atoms with van der Waals surface area (Å²) in [4.78, 5) is 31.5. The standard InChI is InChI=1S/C24H22ClN3O3/c1-16-11-12-19(18(25)15-16)27-21(29)10-6-14-28-23-20(9-5-13-26-23)31-22(24(28)30)17-7-3-2-4-8-17/h2-5,7-9,11-13,15,22H,6,10,14H2,1H3,(H,27,29)/t22-/m0/s1. The van der Waals surface area contributed by atoms with E-state index < -0.39 is 6.10 Å². The topological polar surface area (TPSA) is 71.5 Å². The van der Waals surface area contributed by atoms with Gasteiger partial charge in [-0.2, -0.15) is 0 Å². The van der Waals surface area contributed by atoms with E-state index in [1.807, 2.05) is 43.3 Å². The molecule has 1 atom stereocenters. The van der Waals surface area contributed by atoms with Crippen LogP contribution in [0, 0.1) is 6.92 Å². The number of carbonyl (C=O) groups is 2. The van der Waals surface area contributed by atoms with Crippen molar-refractivity contribution in [3.8, 4) is 5.75 Å². The van der Waals surface area contributed by atoms with Crippen LogP contribution in [0.4, 0.5) is 11.5 Å². The minimum Gasteiger partial charge on any atom is -0.472 e. The third-order valence-corrected chi connectivity index (χ3v) is 5.34. The highest BCUT2D eigenvalue weighted by molar-refractivity contribution is 6.33. The van der Waals surface area contributed by atoms with Gasteiger partial charge in [-0.15, -0.1) is 0 Å². The Morgan fingerprint density at radius 2 is 1.97 bits per heavy atom. The average Bonchev–Trinajstić information content (AvgIpc) is 2.77. The van der Waals surface area contributed by atoms with Crippen LogP contribution in [-0.4, -0.2) is 23.3 Å². The Morgan fingerprint density at radius 3 is 2.74 bits per heavy atom. The lowest BCUT2D eigenvalue weighted by atomic mass is 10.1. The molecule has 2 heterocycles. The average molecular weight is 436 g/mol. The number of anilines is 2. The number of aromatic nitrogens is 1. The van der Waals surface area contributed by atoms with E-state index in [0.717, 1.165) is 11.1 Å². The number of fused-ring (bicyclic) bond motifs is 1. The van der Waals surface area contributed by atoms with E-state index in [0.29, 0.717) is 35.2 Å². The van der Waals surface area contributed by atoms with Crippen molar-refractivity contribution in [3.05, 3.63) is 83.0 Å². The fraction of sp³-hybridized carbons (Fsp3) is 0.208. The lowest BCUT2D eigenvalue weighted by Crippen LogP contribution is -2.42. The van der Waals surface area contributed by atoms with Crippen molar-refractivity contribution in [2.24, 2.45) is 0 Å². The molecule has 0 fully saturated rings. The van der Waals surface area contributed by atoms with Crippen molar-refractivity contribution in [3.63, 3.8) is 0 Å². The monoisotopic (exact) mass is 435 g/mol. The van der Waals surface area contributed by atoms with Crippen LogP contribution in [0.3, 0.4) is 0 Å². The Labute approximate surface area is 185 Å². The molecule has 6 nitrogen and oxygen atoms in total. The number of hydrogen-bond donors (Lipinski definition) is 1. The number of nitrogens with zero attached hydrogens (tertiary/aromatic N) is 2. The first-order valence-electron chi connectivity index (χ1n) is 10.1. The van der Waals surface area contributed by atoms with E-state index in [1.165, 1.54) is 0 Å². The van der Waals surface area contributed by atoms with Gasteiger partial charge in [-0.25, -0.2) is 4.98 Å². The quantitative estimate of drug-likeness (QED) is 0.596. The summed E-state index contributed by atoms with van der Waals surface area (Å²) < 4.78 is 5.94. The Morgan fingerprint density at radius 1 is 1.16 bits per heavy atom. The molecule has 1 aromatic heterocycles. The summed E-state index contributed by atoms with van der Waals surface area (Å²) in [6.45, 7) is 2.29. The van der Waals surface area contributed by atoms with Crippen molar-refractivity contribution < 1.29 is 14.3 Å². The number of nitrogens with one attached hydrogen (secondary N) is 1. The Bertz CT molecular complexity index is 1100. The smallest absolute Gasteiger partial charge is 0.274 e. The molecule has 1 N–H and O–H groups in total. The summed E-state index contributed by atoms with van der Waals surface area (Å²) in [5.74, 6) is 0.667. The molecule has 2 aromatic carbocycles. The lowest BCUT2D eigenvalue weighted by Gasteiger charge is -2.33. The highest BCUT2D eigenvalue weighted by Crippen LogP contribution is 2.37. The van der Waals surface area contributed by atoms with Gasteiger partial charge in [0.05, 0.1) is 10.7 Å². The van der Waals surface area contributed by atoms with Gasteiger partial charge < -0.3 is 10.1 Å². The van der Waals surface area contributed by atoms with Crippen LogP contribution in [0.5, 0.6) is 5.75 Å². The molecule has 31 heavy (non-hydrogen) atoms. The number of ether oxygens (including phenoxy) is 1. The lowest BCUT2D eigenvalue weighted by molar-refractivity contribution is -0.127. The zero-order chi connectivity index (χ0) is 21.8. The number of amides is 2. The van der Waals surface area contributed by atoms with Gasteiger partial charge in [0.25, 0.3) is 5.91 Å². The van der Waals surface area contributed by atoms with Crippen LogP contribution >= 0.6 is 11.6 Å². The fourth-order valence-electron chi connectivity index (χ4n) is 3.49. The normalized spacial score (nSPS) is 15.2. The van der Waals surface area contributed by atoms with Gasteiger partial charge in [-0.05, 0) is 43.2 Å². The molecule has 0 radical (unpaired) electrons. The molecule has 4 rings (SSSR count). The van der Waals surface area contributed by atoms with E-state index in [1.54, 1.807) is 35.4 Å². The van der Waals surface area contributed by atoms with Crippen molar-refractivity contribution in [1.29, 1.82) is 0 Å². The second-order valence-corrected chi connectivity index (χ2v) is 7.77. The van der Waals surface area contributed by atoms with Gasteiger partial charge in [-0.1, -0.05) is 48.0 Å². The number of aryl methyl sites for hydroxylation is 1. The van der Waals surface area contributed by atoms with Gasteiger partial charge in [0.2, 0.25) is 12.0 Å². The number of carbonyl (C=O) groups excluding carboxylic acids is 2. The SMILES string of the molecule is Cc1ccc(NC(=O)CCCN2C(=O)[C@H](c3ccccc3)Oc3cccnc32)c(Cl)c1.